The van der Waals surface area contributed by atoms with Gasteiger partial charge in [-0.05, 0) is 47.5 Å². The molecule has 0 bridgehead atoms. The number of hydrogen-bond acceptors (Lipinski definition) is 3. The molecule has 0 aliphatic heterocycles. The van der Waals surface area contributed by atoms with E-state index >= 15 is 0 Å². The molecule has 2 N–H and O–H groups in total. The topological polar surface area (TPSA) is 74.8 Å². The van der Waals surface area contributed by atoms with Gasteiger partial charge in [0.25, 0.3) is 0 Å². The van der Waals surface area contributed by atoms with Gasteiger partial charge in [-0.2, -0.15) is 0 Å². The zero-order valence-corrected chi connectivity index (χ0v) is 16.1. The Hall–Kier alpha value is -3.80. The van der Waals surface area contributed by atoms with Crippen molar-refractivity contribution in [3.8, 4) is 0 Å². The summed E-state index contributed by atoms with van der Waals surface area (Å²) in [6.45, 7) is 0. The number of aromatic amines is 1. The lowest BCUT2D eigenvalue weighted by atomic mass is 9.97. The Kier molecular flexibility index (Phi) is 5.66. The van der Waals surface area contributed by atoms with Crippen molar-refractivity contribution < 1.29 is 14.0 Å². The largest absolute Gasteiger partial charge is 0.345 e. The molecular weight excluding hydrogens is 381 g/mol. The Morgan fingerprint density at radius 1 is 0.933 bits per heavy atom. The SMILES string of the molecule is O=C(CCC(=O)c1ccc(F)cc1)NC(c1ccccc1)c1ccc2nc[nH]c2c1. The molecule has 1 amide bonds. The minimum Gasteiger partial charge on any atom is -0.345 e. The first-order chi connectivity index (χ1) is 14.6. The summed E-state index contributed by atoms with van der Waals surface area (Å²) >= 11 is 0. The number of carbonyl (C=O) groups excluding carboxylic acids is 2. The molecule has 0 saturated carbocycles. The number of imidazole rings is 1. The van der Waals surface area contributed by atoms with Gasteiger partial charge in [-0.1, -0.05) is 36.4 Å². The first-order valence-electron chi connectivity index (χ1n) is 9.66. The molecular formula is C24H20FN3O2. The van der Waals surface area contributed by atoms with Gasteiger partial charge in [-0.25, -0.2) is 9.37 Å². The van der Waals surface area contributed by atoms with Crippen molar-refractivity contribution in [3.05, 3.63) is 102 Å². The summed E-state index contributed by atoms with van der Waals surface area (Å²) in [6.07, 6.45) is 1.73. The van der Waals surface area contributed by atoms with Crippen molar-refractivity contribution >= 4 is 22.7 Å². The van der Waals surface area contributed by atoms with E-state index in [1.807, 2.05) is 48.5 Å². The Bertz CT molecular complexity index is 1170. The number of nitrogens with one attached hydrogen (secondary N) is 2. The number of ketones is 1. The third kappa shape index (κ3) is 4.43. The summed E-state index contributed by atoms with van der Waals surface area (Å²) in [7, 11) is 0. The van der Waals surface area contributed by atoms with E-state index in [0.717, 1.165) is 22.2 Å². The molecule has 150 valence electrons. The predicted molar refractivity (Wildman–Crippen MR) is 112 cm³/mol. The van der Waals surface area contributed by atoms with Crippen molar-refractivity contribution in [1.82, 2.24) is 15.3 Å². The van der Waals surface area contributed by atoms with Gasteiger partial charge in [0.1, 0.15) is 5.82 Å². The molecule has 4 aromatic rings. The fourth-order valence-electron chi connectivity index (χ4n) is 3.38. The second kappa shape index (κ2) is 8.69. The van der Waals surface area contributed by atoms with E-state index in [2.05, 4.69) is 15.3 Å². The van der Waals surface area contributed by atoms with Gasteiger partial charge in [-0.15, -0.1) is 0 Å². The summed E-state index contributed by atoms with van der Waals surface area (Å²) in [4.78, 5) is 32.3. The third-order valence-corrected chi connectivity index (χ3v) is 4.96. The van der Waals surface area contributed by atoms with Crippen molar-refractivity contribution in [3.63, 3.8) is 0 Å². The van der Waals surface area contributed by atoms with E-state index in [1.54, 1.807) is 6.33 Å². The van der Waals surface area contributed by atoms with Crippen molar-refractivity contribution in [2.45, 2.75) is 18.9 Å². The van der Waals surface area contributed by atoms with Crippen molar-refractivity contribution in [1.29, 1.82) is 0 Å². The molecule has 1 heterocycles. The maximum absolute atomic E-state index is 13.0. The zero-order chi connectivity index (χ0) is 20.9. The minimum absolute atomic E-state index is 0.0475. The van der Waals surface area contributed by atoms with Crippen LogP contribution >= 0.6 is 0 Å². The number of H-pyrrole nitrogens is 1. The highest BCUT2D eigenvalue weighted by Crippen LogP contribution is 2.25. The number of halogens is 1. The van der Waals surface area contributed by atoms with E-state index in [4.69, 9.17) is 0 Å². The second-order valence-electron chi connectivity index (χ2n) is 7.02. The molecule has 1 atom stereocenters. The summed E-state index contributed by atoms with van der Waals surface area (Å²) in [5.74, 6) is -0.825. The van der Waals surface area contributed by atoms with E-state index in [-0.39, 0.29) is 30.6 Å². The van der Waals surface area contributed by atoms with Gasteiger partial charge in [-0.3, -0.25) is 9.59 Å². The summed E-state index contributed by atoms with van der Waals surface area (Å²) in [5, 5.41) is 3.04. The smallest absolute Gasteiger partial charge is 0.221 e. The lowest BCUT2D eigenvalue weighted by molar-refractivity contribution is -0.121. The molecule has 3 aromatic carbocycles. The summed E-state index contributed by atoms with van der Waals surface area (Å²) < 4.78 is 13.0. The lowest BCUT2D eigenvalue weighted by Gasteiger charge is -2.20. The second-order valence-corrected chi connectivity index (χ2v) is 7.02. The lowest BCUT2D eigenvalue weighted by Crippen LogP contribution is -2.29. The van der Waals surface area contributed by atoms with Gasteiger partial charge in [0.2, 0.25) is 5.91 Å². The van der Waals surface area contributed by atoms with Gasteiger partial charge >= 0.3 is 0 Å². The average molecular weight is 401 g/mol. The quantitative estimate of drug-likeness (QED) is 0.446. The Morgan fingerprint density at radius 2 is 1.70 bits per heavy atom. The molecule has 0 radical (unpaired) electrons. The zero-order valence-electron chi connectivity index (χ0n) is 16.1. The molecule has 0 fully saturated rings. The molecule has 0 spiro atoms. The van der Waals surface area contributed by atoms with Crippen molar-refractivity contribution in [2.75, 3.05) is 0 Å². The average Bonchev–Trinajstić information content (AvgIpc) is 3.25. The first kappa shape index (κ1) is 19.5. The Morgan fingerprint density at radius 3 is 2.47 bits per heavy atom. The molecule has 5 nitrogen and oxygen atoms in total. The normalized spacial score (nSPS) is 11.9. The number of benzene rings is 3. The number of aromatic nitrogens is 2. The van der Waals surface area contributed by atoms with Gasteiger partial charge in [0.05, 0.1) is 23.4 Å². The molecule has 0 saturated heterocycles. The number of Topliss-reactive ketones (excluding diaryl/α,β-unsaturated/α-hetero) is 1. The summed E-state index contributed by atoms with van der Waals surface area (Å²) in [5.41, 5.74) is 3.98. The van der Waals surface area contributed by atoms with Gasteiger partial charge in [0, 0.05) is 18.4 Å². The fourth-order valence-corrected chi connectivity index (χ4v) is 3.38. The maximum Gasteiger partial charge on any atom is 0.221 e. The van der Waals surface area contributed by atoms with Crippen LogP contribution in [0.2, 0.25) is 0 Å². The molecule has 1 aromatic heterocycles. The number of carbonyl (C=O) groups is 2. The van der Waals surface area contributed by atoms with Crippen LogP contribution in [0.1, 0.15) is 40.4 Å². The predicted octanol–water partition coefficient (Wildman–Crippen LogP) is 4.57. The van der Waals surface area contributed by atoms with Crippen LogP contribution in [-0.2, 0) is 4.79 Å². The minimum atomic E-state index is -0.399. The van der Waals surface area contributed by atoms with E-state index < -0.39 is 5.82 Å². The van der Waals surface area contributed by atoms with Crippen LogP contribution in [0.25, 0.3) is 11.0 Å². The standard InChI is InChI=1S/C24H20FN3O2/c25-19-9-6-16(7-10-19)22(29)12-13-23(30)28-24(17-4-2-1-3-5-17)18-8-11-20-21(14-18)27-15-26-20/h1-11,14-15,24H,12-13H2,(H,26,27)(H,28,30). The Labute approximate surface area is 173 Å². The molecule has 1 unspecified atom stereocenters. The number of fused-ring (bicyclic) bond motifs is 1. The molecule has 0 aliphatic rings. The van der Waals surface area contributed by atoms with Gasteiger partial charge in [0.15, 0.2) is 5.78 Å². The van der Waals surface area contributed by atoms with Crippen LogP contribution in [0.5, 0.6) is 0 Å². The van der Waals surface area contributed by atoms with Crippen molar-refractivity contribution in [2.24, 2.45) is 0 Å². The number of hydrogen-bond donors (Lipinski definition) is 2. The number of amides is 1. The van der Waals surface area contributed by atoms with Crippen LogP contribution < -0.4 is 5.32 Å². The van der Waals surface area contributed by atoms with Crippen LogP contribution in [-0.4, -0.2) is 21.7 Å². The highest BCUT2D eigenvalue weighted by molar-refractivity contribution is 5.98. The van der Waals surface area contributed by atoms with E-state index in [1.165, 1.54) is 24.3 Å². The fraction of sp³-hybridized carbons (Fsp3) is 0.125. The Balaban J connectivity index is 1.49. The van der Waals surface area contributed by atoms with Crippen LogP contribution in [0.3, 0.4) is 0 Å². The molecule has 0 aliphatic carbocycles. The van der Waals surface area contributed by atoms with E-state index in [0.29, 0.717) is 5.56 Å². The monoisotopic (exact) mass is 401 g/mol. The highest BCUT2D eigenvalue weighted by atomic mass is 19.1. The van der Waals surface area contributed by atoms with Crippen LogP contribution in [0, 0.1) is 5.82 Å². The number of rotatable bonds is 7. The van der Waals surface area contributed by atoms with Crippen LogP contribution in [0.15, 0.2) is 79.1 Å². The highest BCUT2D eigenvalue weighted by Gasteiger charge is 2.18. The van der Waals surface area contributed by atoms with Gasteiger partial charge < -0.3 is 10.3 Å². The molecule has 4 rings (SSSR count). The maximum atomic E-state index is 13.0. The number of nitrogens with zero attached hydrogens (tertiary/aromatic N) is 1. The first-order valence-corrected chi connectivity index (χ1v) is 9.66. The molecule has 30 heavy (non-hydrogen) atoms. The van der Waals surface area contributed by atoms with E-state index in [9.17, 15) is 14.0 Å². The summed E-state index contributed by atoms with van der Waals surface area (Å²) in [6, 6.07) is 20.4. The van der Waals surface area contributed by atoms with Crippen LogP contribution in [0.4, 0.5) is 4.39 Å². The third-order valence-electron chi connectivity index (χ3n) is 4.96. The molecule has 6 heteroatoms.